The van der Waals surface area contributed by atoms with Crippen LogP contribution in [0.2, 0.25) is 0 Å². The molecule has 0 saturated carbocycles. The summed E-state index contributed by atoms with van der Waals surface area (Å²) in [4.78, 5) is 12.1. The molecule has 18 heavy (non-hydrogen) atoms. The summed E-state index contributed by atoms with van der Waals surface area (Å²) in [6.07, 6.45) is 0. The summed E-state index contributed by atoms with van der Waals surface area (Å²) in [6.45, 7) is 6.12. The fraction of sp³-hybridized carbons (Fsp3) is 0.500. The fourth-order valence-corrected chi connectivity index (χ4v) is 1.40. The van der Waals surface area contributed by atoms with E-state index >= 15 is 0 Å². The topological polar surface area (TPSA) is 47.6 Å². The van der Waals surface area contributed by atoms with E-state index < -0.39 is 0 Å². The van der Waals surface area contributed by atoms with Crippen molar-refractivity contribution in [3.63, 3.8) is 0 Å². The van der Waals surface area contributed by atoms with Gasteiger partial charge in [-0.15, -0.1) is 0 Å². The molecule has 0 heterocycles. The van der Waals surface area contributed by atoms with Crippen molar-refractivity contribution < 1.29 is 14.3 Å². The van der Waals surface area contributed by atoms with Gasteiger partial charge in [-0.3, -0.25) is 4.79 Å². The zero-order chi connectivity index (χ0) is 13.7. The molecular formula is C14H21NO3. The minimum absolute atomic E-state index is 0.117. The first-order valence-corrected chi connectivity index (χ1v) is 6.01. The molecule has 0 aliphatic carbocycles. The normalized spacial score (nSPS) is 12.1. The second-order valence-electron chi connectivity index (χ2n) is 4.61. The Balaban J connectivity index is 2.91. The molecule has 1 aromatic rings. The summed E-state index contributed by atoms with van der Waals surface area (Å²) >= 11 is 0. The summed E-state index contributed by atoms with van der Waals surface area (Å²) in [7, 11) is 3.13. The number of ether oxygens (including phenoxy) is 2. The highest BCUT2D eigenvalue weighted by atomic mass is 16.5. The maximum absolute atomic E-state index is 12.1. The van der Waals surface area contributed by atoms with E-state index in [0.717, 1.165) is 0 Å². The molecule has 0 aromatic heterocycles. The van der Waals surface area contributed by atoms with Gasteiger partial charge in [0.25, 0.3) is 5.91 Å². The fourth-order valence-electron chi connectivity index (χ4n) is 1.40. The molecule has 1 rings (SSSR count). The lowest BCUT2D eigenvalue weighted by Gasteiger charge is -2.18. The highest BCUT2D eigenvalue weighted by Gasteiger charge is 2.14. The molecule has 4 heteroatoms. The lowest BCUT2D eigenvalue weighted by atomic mass is 10.1. The van der Waals surface area contributed by atoms with Gasteiger partial charge in [0.1, 0.15) is 11.5 Å². The molecule has 1 aromatic carbocycles. The quantitative estimate of drug-likeness (QED) is 0.874. The van der Waals surface area contributed by atoms with Crippen molar-refractivity contribution in [2.24, 2.45) is 5.92 Å². The number of nitrogens with one attached hydrogen (secondary N) is 1. The molecule has 1 amide bonds. The Labute approximate surface area is 108 Å². The molecule has 100 valence electrons. The predicted octanol–water partition coefficient (Wildman–Crippen LogP) is 2.48. The smallest absolute Gasteiger partial charge is 0.251 e. The molecule has 0 saturated heterocycles. The number of amides is 1. The predicted molar refractivity (Wildman–Crippen MR) is 71.3 cm³/mol. The van der Waals surface area contributed by atoms with Gasteiger partial charge in [0.15, 0.2) is 0 Å². The van der Waals surface area contributed by atoms with Crippen molar-refractivity contribution >= 4 is 5.91 Å². The Hall–Kier alpha value is -1.71. The summed E-state index contributed by atoms with van der Waals surface area (Å²) in [5.74, 6) is 1.49. The van der Waals surface area contributed by atoms with Gasteiger partial charge in [-0.1, -0.05) is 13.8 Å². The number of hydrogen-bond acceptors (Lipinski definition) is 3. The summed E-state index contributed by atoms with van der Waals surface area (Å²) < 4.78 is 10.3. The number of rotatable bonds is 5. The van der Waals surface area contributed by atoms with E-state index in [2.05, 4.69) is 19.2 Å². The van der Waals surface area contributed by atoms with Crippen molar-refractivity contribution in [3.8, 4) is 11.5 Å². The Morgan fingerprint density at radius 3 is 1.94 bits per heavy atom. The van der Waals surface area contributed by atoms with Crippen LogP contribution in [0, 0.1) is 5.92 Å². The van der Waals surface area contributed by atoms with E-state index in [9.17, 15) is 4.79 Å². The number of carbonyl (C=O) groups excluding carboxylic acids is 1. The number of hydrogen-bond donors (Lipinski definition) is 1. The van der Waals surface area contributed by atoms with E-state index in [1.165, 1.54) is 0 Å². The highest BCUT2D eigenvalue weighted by molar-refractivity contribution is 5.95. The molecule has 0 radical (unpaired) electrons. The summed E-state index contributed by atoms with van der Waals surface area (Å²) in [6, 6.07) is 5.26. The van der Waals surface area contributed by atoms with Crippen molar-refractivity contribution in [3.05, 3.63) is 23.8 Å². The standard InChI is InChI=1S/C14H21NO3/c1-9(2)10(3)15-14(16)11-6-12(17-4)8-13(7-11)18-5/h6-10H,1-5H3,(H,15,16)/t10-/m1/s1. The second-order valence-corrected chi connectivity index (χ2v) is 4.61. The van der Waals surface area contributed by atoms with Crippen LogP contribution in [0.4, 0.5) is 0 Å². The monoisotopic (exact) mass is 251 g/mol. The average Bonchev–Trinajstić information content (AvgIpc) is 2.37. The zero-order valence-electron chi connectivity index (χ0n) is 11.6. The maximum atomic E-state index is 12.1. The molecule has 1 N–H and O–H groups in total. The molecule has 0 aliphatic heterocycles. The van der Waals surface area contributed by atoms with E-state index in [1.54, 1.807) is 32.4 Å². The first-order chi connectivity index (χ1) is 8.47. The minimum atomic E-state index is -0.117. The van der Waals surface area contributed by atoms with Crippen LogP contribution in [-0.4, -0.2) is 26.2 Å². The summed E-state index contributed by atoms with van der Waals surface area (Å²) in [5.41, 5.74) is 0.540. The van der Waals surface area contributed by atoms with Crippen molar-refractivity contribution in [1.29, 1.82) is 0 Å². The van der Waals surface area contributed by atoms with Crippen molar-refractivity contribution in [2.75, 3.05) is 14.2 Å². The molecule has 0 spiro atoms. The molecule has 0 bridgehead atoms. The molecule has 1 atom stereocenters. The lowest BCUT2D eigenvalue weighted by molar-refractivity contribution is 0.0930. The van der Waals surface area contributed by atoms with Crippen LogP contribution in [0.5, 0.6) is 11.5 Å². The highest BCUT2D eigenvalue weighted by Crippen LogP contribution is 2.22. The maximum Gasteiger partial charge on any atom is 0.251 e. The van der Waals surface area contributed by atoms with E-state index in [0.29, 0.717) is 23.0 Å². The molecular weight excluding hydrogens is 230 g/mol. The Bertz CT molecular complexity index is 393. The van der Waals surface area contributed by atoms with Gasteiger partial charge in [0, 0.05) is 17.7 Å². The van der Waals surface area contributed by atoms with Gasteiger partial charge in [0.2, 0.25) is 0 Å². The van der Waals surface area contributed by atoms with Crippen molar-refractivity contribution in [2.45, 2.75) is 26.8 Å². The SMILES string of the molecule is COc1cc(OC)cc(C(=O)N[C@H](C)C(C)C)c1. The second kappa shape index (κ2) is 6.28. The Morgan fingerprint density at radius 1 is 1.06 bits per heavy atom. The van der Waals surface area contributed by atoms with E-state index in [-0.39, 0.29) is 11.9 Å². The van der Waals surface area contributed by atoms with Gasteiger partial charge in [0.05, 0.1) is 14.2 Å². The Kier molecular flexibility index (Phi) is 5.01. The van der Waals surface area contributed by atoms with E-state index in [1.807, 2.05) is 6.92 Å². The molecule has 0 unspecified atom stereocenters. The van der Waals surface area contributed by atoms with Gasteiger partial charge in [-0.2, -0.15) is 0 Å². The Morgan fingerprint density at radius 2 is 1.56 bits per heavy atom. The zero-order valence-corrected chi connectivity index (χ0v) is 11.6. The number of carbonyl (C=O) groups is 1. The van der Waals surface area contributed by atoms with E-state index in [4.69, 9.17) is 9.47 Å². The average molecular weight is 251 g/mol. The van der Waals surface area contributed by atoms with Crippen LogP contribution >= 0.6 is 0 Å². The van der Waals surface area contributed by atoms with Crippen LogP contribution in [0.15, 0.2) is 18.2 Å². The first kappa shape index (κ1) is 14.4. The first-order valence-electron chi connectivity index (χ1n) is 6.01. The van der Waals surface area contributed by atoms with Crippen LogP contribution in [0.1, 0.15) is 31.1 Å². The van der Waals surface area contributed by atoms with Gasteiger partial charge in [-0.05, 0) is 25.0 Å². The minimum Gasteiger partial charge on any atom is -0.497 e. The third-order valence-electron chi connectivity index (χ3n) is 2.97. The largest absolute Gasteiger partial charge is 0.497 e. The van der Waals surface area contributed by atoms with Crippen LogP contribution < -0.4 is 14.8 Å². The van der Waals surface area contributed by atoms with Gasteiger partial charge in [-0.25, -0.2) is 0 Å². The van der Waals surface area contributed by atoms with Crippen molar-refractivity contribution in [1.82, 2.24) is 5.32 Å². The van der Waals surface area contributed by atoms with Gasteiger partial charge >= 0.3 is 0 Å². The van der Waals surface area contributed by atoms with Crippen LogP contribution in [0.3, 0.4) is 0 Å². The lowest BCUT2D eigenvalue weighted by Crippen LogP contribution is -2.36. The van der Waals surface area contributed by atoms with Crippen LogP contribution in [-0.2, 0) is 0 Å². The molecule has 0 fully saturated rings. The number of methoxy groups -OCH3 is 2. The summed E-state index contributed by atoms with van der Waals surface area (Å²) in [5, 5.41) is 2.95. The molecule has 0 aliphatic rings. The van der Waals surface area contributed by atoms with Gasteiger partial charge < -0.3 is 14.8 Å². The third kappa shape index (κ3) is 3.65. The number of benzene rings is 1. The molecule has 4 nitrogen and oxygen atoms in total. The third-order valence-corrected chi connectivity index (χ3v) is 2.97. The van der Waals surface area contributed by atoms with Crippen LogP contribution in [0.25, 0.3) is 0 Å².